The zero-order chi connectivity index (χ0) is 14.9. The summed E-state index contributed by atoms with van der Waals surface area (Å²) in [5.41, 5.74) is -2.12. The van der Waals surface area contributed by atoms with Gasteiger partial charge in [0.05, 0.1) is 12.2 Å². The van der Waals surface area contributed by atoms with Crippen LogP contribution in [0.3, 0.4) is 0 Å². The van der Waals surface area contributed by atoms with Crippen molar-refractivity contribution in [3.63, 3.8) is 0 Å². The molecule has 0 amide bonds. The number of rotatable bonds is 3. The van der Waals surface area contributed by atoms with E-state index in [2.05, 4.69) is 0 Å². The Balaban J connectivity index is 2.10. The molecule has 1 aromatic rings. The van der Waals surface area contributed by atoms with Crippen molar-refractivity contribution in [1.29, 1.82) is 0 Å². The molecule has 0 radical (unpaired) electrons. The molecule has 1 unspecified atom stereocenters. The molecular formula is C13H14ClFO5. The van der Waals surface area contributed by atoms with Crippen LogP contribution in [0.5, 0.6) is 0 Å². The maximum Gasteiger partial charge on any atom is 0.340 e. The average Bonchev–Trinajstić information content (AvgIpc) is 2.63. The number of hydrogen-bond donors (Lipinski definition) is 2. The first-order valence-electron chi connectivity index (χ1n) is 5.96. The molecule has 7 heteroatoms. The highest BCUT2D eigenvalue weighted by molar-refractivity contribution is 6.30. The van der Waals surface area contributed by atoms with Crippen molar-refractivity contribution in [3.05, 3.63) is 34.9 Å². The summed E-state index contributed by atoms with van der Waals surface area (Å²) in [7, 11) is 0. The van der Waals surface area contributed by atoms with Gasteiger partial charge in [0.1, 0.15) is 12.2 Å². The summed E-state index contributed by atoms with van der Waals surface area (Å²) < 4.78 is 24.2. The third-order valence-electron chi connectivity index (χ3n) is 3.16. The maximum absolute atomic E-state index is 14.3. The lowest BCUT2D eigenvalue weighted by Gasteiger charge is -2.23. The van der Waals surface area contributed by atoms with Gasteiger partial charge in [0.2, 0.25) is 6.29 Å². The number of esters is 1. The van der Waals surface area contributed by atoms with E-state index in [0.29, 0.717) is 5.02 Å². The van der Waals surface area contributed by atoms with E-state index >= 15 is 0 Å². The van der Waals surface area contributed by atoms with Crippen LogP contribution in [0.1, 0.15) is 17.3 Å². The topological polar surface area (TPSA) is 76.0 Å². The second-order valence-electron chi connectivity index (χ2n) is 4.70. The van der Waals surface area contributed by atoms with Gasteiger partial charge < -0.3 is 19.7 Å². The second kappa shape index (κ2) is 5.65. The van der Waals surface area contributed by atoms with Crippen LogP contribution < -0.4 is 0 Å². The third kappa shape index (κ3) is 2.78. The van der Waals surface area contributed by atoms with Crippen molar-refractivity contribution < 1.29 is 28.9 Å². The molecule has 0 saturated carbocycles. The summed E-state index contributed by atoms with van der Waals surface area (Å²) in [6, 6.07) is 5.84. The highest BCUT2D eigenvalue weighted by atomic mass is 35.5. The Morgan fingerprint density at radius 3 is 2.60 bits per heavy atom. The molecule has 0 spiro atoms. The number of carbonyl (C=O) groups excluding carboxylic acids is 1. The molecule has 1 fully saturated rings. The van der Waals surface area contributed by atoms with E-state index in [1.165, 1.54) is 24.3 Å². The third-order valence-corrected chi connectivity index (χ3v) is 3.42. The van der Waals surface area contributed by atoms with Crippen LogP contribution in [0.25, 0.3) is 0 Å². The van der Waals surface area contributed by atoms with Crippen molar-refractivity contribution in [2.45, 2.75) is 31.1 Å². The van der Waals surface area contributed by atoms with Gasteiger partial charge in [-0.05, 0) is 31.2 Å². The van der Waals surface area contributed by atoms with Gasteiger partial charge >= 0.3 is 5.97 Å². The second-order valence-corrected chi connectivity index (χ2v) is 5.13. The van der Waals surface area contributed by atoms with Crippen molar-refractivity contribution >= 4 is 17.6 Å². The number of aliphatic hydroxyl groups excluding tert-OH is 2. The lowest BCUT2D eigenvalue weighted by atomic mass is 10.00. The van der Waals surface area contributed by atoms with Crippen LogP contribution in [0.2, 0.25) is 5.02 Å². The van der Waals surface area contributed by atoms with E-state index in [4.69, 9.17) is 26.2 Å². The standard InChI is InChI=1S/C13H14ClFO5/c1-13(15)10(17)9(6-16)19-12(13)20-11(18)7-2-4-8(14)5-3-7/h2-5,9-10,12,16-17H,6H2,1H3/t9-,10-,12-,13?/m1/s1. The average molecular weight is 305 g/mol. The zero-order valence-electron chi connectivity index (χ0n) is 10.6. The maximum atomic E-state index is 14.3. The minimum Gasteiger partial charge on any atom is -0.428 e. The Labute approximate surface area is 119 Å². The predicted molar refractivity (Wildman–Crippen MR) is 68.1 cm³/mol. The van der Waals surface area contributed by atoms with Crippen molar-refractivity contribution in [3.8, 4) is 0 Å². The van der Waals surface area contributed by atoms with E-state index < -0.39 is 36.7 Å². The summed E-state index contributed by atoms with van der Waals surface area (Å²) in [5.74, 6) is -0.804. The summed E-state index contributed by atoms with van der Waals surface area (Å²) in [5, 5.41) is 19.0. The fourth-order valence-electron chi connectivity index (χ4n) is 1.91. The number of halogens is 2. The number of aliphatic hydroxyl groups is 2. The number of ether oxygens (including phenoxy) is 2. The van der Waals surface area contributed by atoms with Crippen LogP contribution >= 0.6 is 11.6 Å². The SMILES string of the molecule is CC1(F)[C@@H](OC(=O)c2ccc(Cl)cc2)O[C@H](CO)[C@H]1O. The van der Waals surface area contributed by atoms with E-state index in [9.17, 15) is 14.3 Å². The smallest absolute Gasteiger partial charge is 0.340 e. The van der Waals surface area contributed by atoms with Crippen LogP contribution in [-0.2, 0) is 9.47 Å². The summed E-state index contributed by atoms with van der Waals surface area (Å²) in [4.78, 5) is 11.8. The van der Waals surface area contributed by atoms with Crippen LogP contribution in [0, 0.1) is 0 Å². The molecule has 4 atom stereocenters. The van der Waals surface area contributed by atoms with Gasteiger partial charge in [-0.25, -0.2) is 9.18 Å². The Hall–Kier alpha value is -1.21. The molecule has 5 nitrogen and oxygen atoms in total. The molecule has 110 valence electrons. The molecule has 2 N–H and O–H groups in total. The molecule has 20 heavy (non-hydrogen) atoms. The number of alkyl halides is 1. The monoisotopic (exact) mass is 304 g/mol. The van der Waals surface area contributed by atoms with Gasteiger partial charge in [-0.15, -0.1) is 0 Å². The molecular weight excluding hydrogens is 291 g/mol. The Morgan fingerprint density at radius 1 is 1.50 bits per heavy atom. The van der Waals surface area contributed by atoms with Gasteiger partial charge in [-0.3, -0.25) is 0 Å². The zero-order valence-corrected chi connectivity index (χ0v) is 11.4. The minimum absolute atomic E-state index is 0.177. The minimum atomic E-state index is -2.30. The summed E-state index contributed by atoms with van der Waals surface area (Å²) in [6.45, 7) is 0.475. The molecule has 1 aliphatic heterocycles. The first kappa shape index (κ1) is 15.2. The predicted octanol–water partition coefficient (Wildman–Crippen LogP) is 1.30. The molecule has 0 aromatic heterocycles. The van der Waals surface area contributed by atoms with E-state index in [1.807, 2.05) is 0 Å². The summed E-state index contributed by atoms with van der Waals surface area (Å²) in [6.07, 6.45) is -4.29. The Kier molecular flexibility index (Phi) is 4.29. The van der Waals surface area contributed by atoms with Gasteiger partial charge in [0.15, 0.2) is 5.67 Å². The molecule has 1 aliphatic rings. The molecule has 1 saturated heterocycles. The molecule has 0 bridgehead atoms. The molecule has 2 rings (SSSR count). The van der Waals surface area contributed by atoms with Crippen molar-refractivity contribution in [2.24, 2.45) is 0 Å². The van der Waals surface area contributed by atoms with E-state index in [0.717, 1.165) is 6.92 Å². The largest absolute Gasteiger partial charge is 0.428 e. The van der Waals surface area contributed by atoms with Crippen LogP contribution in [-0.4, -0.2) is 47.0 Å². The van der Waals surface area contributed by atoms with Crippen LogP contribution in [0.4, 0.5) is 4.39 Å². The first-order chi connectivity index (χ1) is 9.36. The lowest BCUT2D eigenvalue weighted by molar-refractivity contribution is -0.149. The Morgan fingerprint density at radius 2 is 2.10 bits per heavy atom. The van der Waals surface area contributed by atoms with Gasteiger partial charge in [-0.2, -0.15) is 0 Å². The highest BCUT2D eigenvalue weighted by Gasteiger charge is 2.56. The van der Waals surface area contributed by atoms with Crippen molar-refractivity contribution in [1.82, 2.24) is 0 Å². The van der Waals surface area contributed by atoms with Gasteiger partial charge in [0.25, 0.3) is 0 Å². The fourth-order valence-corrected chi connectivity index (χ4v) is 2.03. The first-order valence-corrected chi connectivity index (χ1v) is 6.34. The number of carbonyl (C=O) groups is 1. The Bertz CT molecular complexity index is 490. The quantitative estimate of drug-likeness (QED) is 0.823. The van der Waals surface area contributed by atoms with E-state index in [-0.39, 0.29) is 5.56 Å². The van der Waals surface area contributed by atoms with E-state index in [1.54, 1.807) is 0 Å². The number of hydrogen-bond acceptors (Lipinski definition) is 5. The van der Waals surface area contributed by atoms with Crippen LogP contribution in [0.15, 0.2) is 24.3 Å². The van der Waals surface area contributed by atoms with Crippen molar-refractivity contribution in [2.75, 3.05) is 6.61 Å². The molecule has 1 aromatic carbocycles. The normalized spacial score (nSPS) is 33.1. The highest BCUT2D eigenvalue weighted by Crippen LogP contribution is 2.35. The lowest BCUT2D eigenvalue weighted by Crippen LogP contribution is -2.43. The van der Waals surface area contributed by atoms with Gasteiger partial charge in [-0.1, -0.05) is 11.6 Å². The fraction of sp³-hybridized carbons (Fsp3) is 0.462. The number of benzene rings is 1. The van der Waals surface area contributed by atoms with Gasteiger partial charge in [0, 0.05) is 5.02 Å². The summed E-state index contributed by atoms with van der Waals surface area (Å²) >= 11 is 5.69. The molecule has 0 aliphatic carbocycles. The molecule has 1 heterocycles.